The molecule has 2 aromatic carbocycles. The van der Waals surface area contributed by atoms with E-state index >= 15 is 0 Å². The SMILES string of the molecule is Cc1nc(C(=O)N2CC(F)(F)CCC2CN2CC=Cc3ccccc32)c(-c2ccccc2)s1. The number of hydrogen-bond acceptors (Lipinski definition) is 4. The summed E-state index contributed by atoms with van der Waals surface area (Å²) >= 11 is 1.42. The van der Waals surface area contributed by atoms with Crippen molar-refractivity contribution in [3.8, 4) is 10.4 Å². The minimum absolute atomic E-state index is 0.214. The molecule has 0 aliphatic carbocycles. The largest absolute Gasteiger partial charge is 0.365 e. The Kier molecular flexibility index (Phi) is 5.74. The zero-order chi connectivity index (χ0) is 23.0. The Morgan fingerprint density at radius 1 is 1.15 bits per heavy atom. The Morgan fingerprint density at radius 2 is 1.91 bits per heavy atom. The van der Waals surface area contributed by atoms with Gasteiger partial charge in [-0.1, -0.05) is 60.7 Å². The predicted octanol–water partition coefficient (Wildman–Crippen LogP) is 5.89. The topological polar surface area (TPSA) is 36.4 Å². The van der Waals surface area contributed by atoms with Gasteiger partial charge in [-0.3, -0.25) is 4.79 Å². The molecule has 3 aromatic rings. The number of nitrogens with zero attached hydrogens (tertiary/aromatic N) is 3. The molecule has 3 heterocycles. The molecule has 4 nitrogen and oxygen atoms in total. The van der Waals surface area contributed by atoms with Crippen molar-refractivity contribution >= 4 is 29.0 Å². The van der Waals surface area contributed by atoms with E-state index < -0.39 is 18.4 Å². The highest BCUT2D eigenvalue weighted by Crippen LogP contribution is 2.36. The number of thiazole rings is 1. The number of likely N-dealkylation sites (tertiary alicyclic amines) is 1. The predicted molar refractivity (Wildman–Crippen MR) is 129 cm³/mol. The summed E-state index contributed by atoms with van der Waals surface area (Å²) in [5.41, 5.74) is 3.32. The molecule has 0 spiro atoms. The summed E-state index contributed by atoms with van der Waals surface area (Å²) in [5, 5.41) is 0.743. The standard InChI is InChI=1S/C26H25F2N3OS/c1-18-29-23(24(33-18)20-9-3-2-4-10-20)25(32)31-17-26(27,28)14-13-21(31)16-30-15-7-11-19-8-5-6-12-22(19)30/h2-12,21H,13-17H2,1H3. The number of piperidine rings is 1. The number of hydrogen-bond donors (Lipinski definition) is 0. The highest BCUT2D eigenvalue weighted by Gasteiger charge is 2.43. The Bertz CT molecular complexity index is 1190. The molecule has 1 fully saturated rings. The van der Waals surface area contributed by atoms with E-state index in [0.717, 1.165) is 26.7 Å². The molecular weight excluding hydrogens is 440 g/mol. The van der Waals surface area contributed by atoms with E-state index in [2.05, 4.69) is 22.0 Å². The van der Waals surface area contributed by atoms with E-state index in [1.807, 2.05) is 61.5 Å². The molecule has 2 aliphatic rings. The maximum absolute atomic E-state index is 14.5. The molecule has 1 atom stereocenters. The quantitative estimate of drug-likeness (QED) is 0.482. The van der Waals surface area contributed by atoms with Crippen LogP contribution in [0.3, 0.4) is 0 Å². The first-order valence-electron chi connectivity index (χ1n) is 11.1. The molecule has 1 amide bonds. The van der Waals surface area contributed by atoms with E-state index in [-0.39, 0.29) is 24.6 Å². The van der Waals surface area contributed by atoms with E-state index in [1.165, 1.54) is 16.2 Å². The number of alkyl halides is 2. The number of halogens is 2. The lowest BCUT2D eigenvalue weighted by molar-refractivity contribution is -0.0709. The van der Waals surface area contributed by atoms with Crippen LogP contribution >= 0.6 is 11.3 Å². The summed E-state index contributed by atoms with van der Waals surface area (Å²) in [5.74, 6) is -3.31. The molecule has 0 saturated carbocycles. The molecule has 1 unspecified atom stereocenters. The molecule has 0 N–H and O–H groups in total. The van der Waals surface area contributed by atoms with Gasteiger partial charge in [0.05, 0.1) is 22.5 Å². The Morgan fingerprint density at radius 3 is 2.73 bits per heavy atom. The van der Waals surface area contributed by atoms with Gasteiger partial charge in [0, 0.05) is 25.2 Å². The van der Waals surface area contributed by atoms with Crippen molar-refractivity contribution in [2.75, 3.05) is 24.5 Å². The van der Waals surface area contributed by atoms with Crippen LogP contribution in [0.15, 0.2) is 60.7 Å². The summed E-state index contributed by atoms with van der Waals surface area (Å²) in [6.07, 6.45) is 4.19. The minimum Gasteiger partial charge on any atom is -0.365 e. The summed E-state index contributed by atoms with van der Waals surface area (Å²) in [6.45, 7) is 2.46. The Hall–Kier alpha value is -3.06. The number of aryl methyl sites for hydroxylation is 1. The van der Waals surface area contributed by atoms with Crippen molar-refractivity contribution in [2.45, 2.75) is 31.7 Å². The second-order valence-electron chi connectivity index (χ2n) is 8.62. The zero-order valence-corrected chi connectivity index (χ0v) is 19.2. The number of para-hydroxylation sites is 1. The van der Waals surface area contributed by atoms with Crippen molar-refractivity contribution in [3.63, 3.8) is 0 Å². The third kappa shape index (κ3) is 4.42. The minimum atomic E-state index is -2.90. The number of benzene rings is 2. The van der Waals surface area contributed by atoms with Crippen molar-refractivity contribution in [1.82, 2.24) is 9.88 Å². The van der Waals surface area contributed by atoms with Gasteiger partial charge < -0.3 is 9.80 Å². The van der Waals surface area contributed by atoms with Gasteiger partial charge in [-0.25, -0.2) is 13.8 Å². The smallest absolute Gasteiger partial charge is 0.274 e. The average molecular weight is 466 g/mol. The summed E-state index contributed by atoms with van der Waals surface area (Å²) in [7, 11) is 0. The lowest BCUT2D eigenvalue weighted by Crippen LogP contribution is -2.55. The van der Waals surface area contributed by atoms with E-state index in [0.29, 0.717) is 13.1 Å². The van der Waals surface area contributed by atoms with Crippen molar-refractivity contribution < 1.29 is 13.6 Å². The number of fused-ring (bicyclic) bond motifs is 1. The number of rotatable bonds is 4. The number of amides is 1. The van der Waals surface area contributed by atoms with Crippen LogP contribution in [-0.4, -0.2) is 47.4 Å². The van der Waals surface area contributed by atoms with Gasteiger partial charge in [0.2, 0.25) is 0 Å². The van der Waals surface area contributed by atoms with Gasteiger partial charge in [0.15, 0.2) is 0 Å². The van der Waals surface area contributed by atoms with E-state index in [1.54, 1.807) is 0 Å². The van der Waals surface area contributed by atoms with Gasteiger partial charge in [0.25, 0.3) is 11.8 Å². The molecule has 1 saturated heterocycles. The molecule has 2 aliphatic heterocycles. The normalized spacial score (nSPS) is 19.4. The maximum atomic E-state index is 14.5. The van der Waals surface area contributed by atoms with Gasteiger partial charge in [-0.2, -0.15) is 0 Å². The molecule has 7 heteroatoms. The van der Waals surface area contributed by atoms with Gasteiger partial charge in [-0.15, -0.1) is 11.3 Å². The molecular formula is C26H25F2N3OS. The maximum Gasteiger partial charge on any atom is 0.274 e. The number of aromatic nitrogens is 1. The van der Waals surface area contributed by atoms with E-state index in [9.17, 15) is 13.6 Å². The van der Waals surface area contributed by atoms with Crippen LogP contribution in [0.25, 0.3) is 16.5 Å². The van der Waals surface area contributed by atoms with Crippen LogP contribution < -0.4 is 4.90 Å². The second kappa shape index (κ2) is 8.71. The van der Waals surface area contributed by atoms with Gasteiger partial charge >= 0.3 is 0 Å². The molecule has 5 rings (SSSR count). The van der Waals surface area contributed by atoms with E-state index in [4.69, 9.17) is 0 Å². The van der Waals surface area contributed by atoms with Crippen LogP contribution in [0.4, 0.5) is 14.5 Å². The molecule has 170 valence electrons. The molecule has 1 aromatic heterocycles. The monoisotopic (exact) mass is 465 g/mol. The fourth-order valence-electron chi connectivity index (χ4n) is 4.66. The number of carbonyl (C=O) groups is 1. The summed E-state index contributed by atoms with van der Waals surface area (Å²) in [6, 6.07) is 17.3. The van der Waals surface area contributed by atoms with Crippen LogP contribution in [0.2, 0.25) is 0 Å². The first kappa shape index (κ1) is 21.8. The summed E-state index contributed by atoms with van der Waals surface area (Å²) in [4.78, 5) is 22.5. The lowest BCUT2D eigenvalue weighted by atomic mass is 9.97. The fraction of sp³-hybridized carbons (Fsp3) is 0.308. The van der Waals surface area contributed by atoms with Gasteiger partial charge in [-0.05, 0) is 30.5 Å². The second-order valence-corrected chi connectivity index (χ2v) is 9.83. The van der Waals surface area contributed by atoms with Crippen LogP contribution in [0, 0.1) is 6.92 Å². The highest BCUT2D eigenvalue weighted by molar-refractivity contribution is 7.15. The number of anilines is 1. The molecule has 0 radical (unpaired) electrons. The first-order valence-corrected chi connectivity index (χ1v) is 12.0. The van der Waals surface area contributed by atoms with Crippen molar-refractivity contribution in [2.24, 2.45) is 0 Å². The Balaban J connectivity index is 1.46. The fourth-order valence-corrected chi connectivity index (χ4v) is 5.58. The summed E-state index contributed by atoms with van der Waals surface area (Å²) < 4.78 is 29.0. The van der Waals surface area contributed by atoms with Crippen LogP contribution in [-0.2, 0) is 0 Å². The Labute approximate surface area is 196 Å². The molecule has 33 heavy (non-hydrogen) atoms. The van der Waals surface area contributed by atoms with Crippen LogP contribution in [0.5, 0.6) is 0 Å². The zero-order valence-electron chi connectivity index (χ0n) is 18.4. The van der Waals surface area contributed by atoms with Gasteiger partial charge in [0.1, 0.15) is 5.69 Å². The third-order valence-corrected chi connectivity index (χ3v) is 7.27. The van der Waals surface area contributed by atoms with Crippen molar-refractivity contribution in [3.05, 3.63) is 76.9 Å². The highest BCUT2D eigenvalue weighted by atomic mass is 32.1. The average Bonchev–Trinajstić information content (AvgIpc) is 3.22. The third-order valence-electron chi connectivity index (χ3n) is 6.25. The van der Waals surface area contributed by atoms with Crippen LogP contribution in [0.1, 0.15) is 33.9 Å². The number of carbonyl (C=O) groups excluding carboxylic acids is 1. The molecule has 0 bridgehead atoms. The first-order chi connectivity index (χ1) is 15.9. The van der Waals surface area contributed by atoms with Crippen molar-refractivity contribution in [1.29, 1.82) is 0 Å². The lowest BCUT2D eigenvalue weighted by Gasteiger charge is -2.42.